The van der Waals surface area contributed by atoms with Crippen molar-refractivity contribution >= 4 is 39.3 Å². The molecule has 0 saturated heterocycles. The Balaban J connectivity index is 2.14. The van der Waals surface area contributed by atoms with E-state index in [0.717, 1.165) is 20.8 Å². The molecule has 18 heavy (non-hydrogen) atoms. The number of benzene rings is 1. The lowest BCUT2D eigenvalue weighted by molar-refractivity contribution is 0.960. The lowest BCUT2D eigenvalue weighted by Gasteiger charge is -2.06. The van der Waals surface area contributed by atoms with Gasteiger partial charge in [-0.2, -0.15) is 0 Å². The molecule has 2 nitrogen and oxygen atoms in total. The van der Waals surface area contributed by atoms with Gasteiger partial charge in [0.1, 0.15) is 5.03 Å². The van der Waals surface area contributed by atoms with Crippen LogP contribution in [0, 0.1) is 0 Å². The minimum atomic E-state index is 0.652. The van der Waals surface area contributed by atoms with Gasteiger partial charge in [0.25, 0.3) is 0 Å². The van der Waals surface area contributed by atoms with Gasteiger partial charge in [0.2, 0.25) is 0 Å². The minimum Gasteiger partial charge on any atom is -0.330 e. The number of nitrogens with two attached hydrogens (primary N) is 1. The Morgan fingerprint density at radius 3 is 2.72 bits per heavy atom. The van der Waals surface area contributed by atoms with Crippen molar-refractivity contribution < 1.29 is 0 Å². The molecule has 0 fully saturated rings. The lowest BCUT2D eigenvalue weighted by atomic mass is 10.1. The van der Waals surface area contributed by atoms with E-state index in [1.807, 2.05) is 12.1 Å². The predicted octanol–water partition coefficient (Wildman–Crippen LogP) is 4.15. The van der Waals surface area contributed by atoms with Crippen molar-refractivity contribution in [2.45, 2.75) is 16.3 Å². The normalized spacial score (nSPS) is 10.6. The number of aromatic nitrogens is 1. The van der Waals surface area contributed by atoms with Crippen LogP contribution in [0.2, 0.25) is 5.02 Å². The fourth-order valence-corrected chi connectivity index (χ4v) is 3.13. The summed E-state index contributed by atoms with van der Waals surface area (Å²) in [7, 11) is 0. The molecular weight excluding hydrogens is 332 g/mol. The van der Waals surface area contributed by atoms with E-state index in [2.05, 4.69) is 39.1 Å². The Kier molecular flexibility index (Phi) is 5.06. The summed E-state index contributed by atoms with van der Waals surface area (Å²) in [4.78, 5) is 5.39. The van der Waals surface area contributed by atoms with Gasteiger partial charge in [-0.25, -0.2) is 4.98 Å². The number of nitrogens with zero attached hydrogens (tertiary/aromatic N) is 1. The van der Waals surface area contributed by atoms with Crippen LogP contribution in [0.3, 0.4) is 0 Å². The van der Waals surface area contributed by atoms with Gasteiger partial charge in [-0.3, -0.25) is 0 Å². The zero-order valence-corrected chi connectivity index (χ0v) is 12.7. The quantitative estimate of drug-likeness (QED) is 0.906. The predicted molar refractivity (Wildman–Crippen MR) is 80.3 cm³/mol. The fraction of sp³-hybridized carbons (Fsp3) is 0.154. The van der Waals surface area contributed by atoms with Gasteiger partial charge in [0.15, 0.2) is 0 Å². The Hall–Kier alpha value is -0.550. The number of pyridine rings is 1. The summed E-state index contributed by atoms with van der Waals surface area (Å²) >= 11 is 11.0. The Morgan fingerprint density at radius 1 is 1.28 bits per heavy atom. The number of halogens is 2. The maximum atomic E-state index is 5.80. The van der Waals surface area contributed by atoms with Crippen LogP contribution in [0.15, 0.2) is 50.9 Å². The summed E-state index contributed by atoms with van der Waals surface area (Å²) in [5.74, 6) is 0. The molecule has 5 heteroatoms. The highest BCUT2D eigenvalue weighted by molar-refractivity contribution is 9.10. The van der Waals surface area contributed by atoms with Crippen LogP contribution < -0.4 is 5.73 Å². The van der Waals surface area contributed by atoms with Crippen LogP contribution in [-0.4, -0.2) is 11.5 Å². The zero-order chi connectivity index (χ0) is 13.0. The molecule has 0 aliphatic rings. The third-order valence-corrected chi connectivity index (χ3v) is 4.26. The first-order valence-electron chi connectivity index (χ1n) is 5.47. The summed E-state index contributed by atoms with van der Waals surface area (Å²) in [6, 6.07) is 10.0. The van der Waals surface area contributed by atoms with E-state index in [4.69, 9.17) is 17.3 Å². The van der Waals surface area contributed by atoms with E-state index in [1.165, 1.54) is 5.56 Å². The fourth-order valence-electron chi connectivity index (χ4n) is 1.49. The SMILES string of the molecule is NCCc1ccc(Sc2ccc(Cl)cn2)cc1Br. The monoisotopic (exact) mass is 342 g/mol. The highest BCUT2D eigenvalue weighted by atomic mass is 79.9. The van der Waals surface area contributed by atoms with E-state index in [-0.39, 0.29) is 0 Å². The first-order valence-corrected chi connectivity index (χ1v) is 7.45. The van der Waals surface area contributed by atoms with Crippen molar-refractivity contribution in [1.29, 1.82) is 0 Å². The second-order valence-corrected chi connectivity index (χ2v) is 6.09. The van der Waals surface area contributed by atoms with Gasteiger partial charge in [0.05, 0.1) is 5.02 Å². The first-order chi connectivity index (χ1) is 8.69. The third kappa shape index (κ3) is 3.72. The molecule has 1 aromatic carbocycles. The molecular formula is C13H12BrClN2S. The second-order valence-electron chi connectivity index (χ2n) is 3.71. The molecule has 2 N–H and O–H groups in total. The van der Waals surface area contributed by atoms with Crippen LogP contribution in [0.1, 0.15) is 5.56 Å². The van der Waals surface area contributed by atoms with Crippen LogP contribution >= 0.6 is 39.3 Å². The van der Waals surface area contributed by atoms with Crippen LogP contribution in [0.5, 0.6) is 0 Å². The van der Waals surface area contributed by atoms with Crippen LogP contribution in [0.25, 0.3) is 0 Å². The molecule has 0 saturated carbocycles. The maximum Gasteiger partial charge on any atom is 0.101 e. The third-order valence-electron chi connectivity index (χ3n) is 2.36. The highest BCUT2D eigenvalue weighted by Crippen LogP contribution is 2.30. The second kappa shape index (κ2) is 6.57. The first kappa shape index (κ1) is 13.9. The van der Waals surface area contributed by atoms with Gasteiger partial charge in [-0.05, 0) is 42.8 Å². The molecule has 0 unspecified atom stereocenters. The average Bonchev–Trinajstić information content (AvgIpc) is 2.36. The van der Waals surface area contributed by atoms with Crippen molar-refractivity contribution in [1.82, 2.24) is 4.98 Å². The molecule has 0 atom stereocenters. The van der Waals surface area contributed by atoms with Gasteiger partial charge in [-0.15, -0.1) is 0 Å². The molecule has 1 heterocycles. The van der Waals surface area contributed by atoms with Crippen LogP contribution in [-0.2, 0) is 6.42 Å². The maximum absolute atomic E-state index is 5.80. The summed E-state index contributed by atoms with van der Waals surface area (Å²) in [5.41, 5.74) is 6.78. The highest BCUT2D eigenvalue weighted by Gasteiger charge is 2.03. The number of hydrogen-bond acceptors (Lipinski definition) is 3. The molecule has 0 aliphatic heterocycles. The molecule has 2 rings (SSSR count). The molecule has 1 aromatic heterocycles. The molecule has 0 amide bonds. The van der Waals surface area contributed by atoms with Crippen molar-refractivity contribution in [2.24, 2.45) is 5.73 Å². The largest absolute Gasteiger partial charge is 0.330 e. The lowest BCUT2D eigenvalue weighted by Crippen LogP contribution is -2.03. The summed E-state index contributed by atoms with van der Waals surface area (Å²) in [6.45, 7) is 0.657. The van der Waals surface area contributed by atoms with Crippen molar-refractivity contribution in [3.8, 4) is 0 Å². The molecule has 0 spiro atoms. The summed E-state index contributed by atoms with van der Waals surface area (Å²) in [6.07, 6.45) is 2.53. The average molecular weight is 344 g/mol. The van der Waals surface area contributed by atoms with E-state index in [0.29, 0.717) is 11.6 Å². The van der Waals surface area contributed by atoms with E-state index in [1.54, 1.807) is 18.0 Å². The molecule has 2 aromatic rings. The molecule has 0 aliphatic carbocycles. The van der Waals surface area contributed by atoms with E-state index in [9.17, 15) is 0 Å². The van der Waals surface area contributed by atoms with E-state index >= 15 is 0 Å². The molecule has 0 radical (unpaired) electrons. The van der Waals surface area contributed by atoms with Gasteiger partial charge in [-0.1, -0.05) is 45.4 Å². The standard InChI is InChI=1S/C13H12BrClN2S/c14-12-7-11(3-1-9(12)5-6-16)18-13-4-2-10(15)8-17-13/h1-4,7-8H,5-6,16H2. The van der Waals surface area contributed by atoms with E-state index < -0.39 is 0 Å². The summed E-state index contributed by atoms with van der Waals surface area (Å²) < 4.78 is 1.09. The molecule has 94 valence electrons. The molecule has 0 bridgehead atoms. The Labute approximate surface area is 124 Å². The summed E-state index contributed by atoms with van der Waals surface area (Å²) in [5, 5.41) is 1.58. The number of rotatable bonds is 4. The van der Waals surface area contributed by atoms with Crippen LogP contribution in [0.4, 0.5) is 0 Å². The van der Waals surface area contributed by atoms with Crippen molar-refractivity contribution in [3.63, 3.8) is 0 Å². The van der Waals surface area contributed by atoms with Gasteiger partial charge < -0.3 is 5.73 Å². The zero-order valence-electron chi connectivity index (χ0n) is 9.57. The smallest absolute Gasteiger partial charge is 0.101 e. The van der Waals surface area contributed by atoms with Crippen molar-refractivity contribution in [3.05, 3.63) is 51.6 Å². The van der Waals surface area contributed by atoms with Crippen molar-refractivity contribution in [2.75, 3.05) is 6.54 Å². The Bertz CT molecular complexity index is 531. The number of hydrogen-bond donors (Lipinski definition) is 1. The topological polar surface area (TPSA) is 38.9 Å². The van der Waals surface area contributed by atoms with Gasteiger partial charge >= 0.3 is 0 Å². The van der Waals surface area contributed by atoms with Gasteiger partial charge in [0, 0.05) is 15.6 Å². The Morgan fingerprint density at radius 2 is 2.11 bits per heavy atom. The minimum absolute atomic E-state index is 0.652.